The Morgan fingerprint density at radius 3 is 3.08 bits per heavy atom. The highest BCUT2D eigenvalue weighted by atomic mass is 16.5. The third kappa shape index (κ3) is 1.23. The molecule has 0 bridgehead atoms. The number of ether oxygens (including phenoxy) is 1. The minimum absolute atomic E-state index is 0.0429. The number of hydrogen-bond donors (Lipinski definition) is 1. The fraction of sp³-hybridized carbons (Fsp3) is 0.250. The van der Waals surface area contributed by atoms with E-state index in [-0.39, 0.29) is 12.1 Å². The number of hydrogen-bond acceptors (Lipinski definition) is 4. The summed E-state index contributed by atoms with van der Waals surface area (Å²) in [6.45, 7) is 0.595. The van der Waals surface area contributed by atoms with Gasteiger partial charge in [0.05, 0.1) is 6.54 Å². The molecule has 0 aliphatic carbocycles. The van der Waals surface area contributed by atoms with Gasteiger partial charge in [0, 0.05) is 18.0 Å². The van der Waals surface area contributed by atoms with Crippen LogP contribution in [-0.4, -0.2) is 17.6 Å². The number of rotatable bonds is 1. The number of aromatic nitrogens is 1. The summed E-state index contributed by atoms with van der Waals surface area (Å²) in [6, 6.07) is 4.09. The van der Waals surface area contributed by atoms with Crippen LogP contribution in [0.3, 0.4) is 0 Å². The van der Waals surface area contributed by atoms with Crippen molar-refractivity contribution in [3.63, 3.8) is 0 Å². The van der Waals surface area contributed by atoms with Crippen LogP contribution in [0.4, 0.5) is 0 Å². The molecule has 1 atom stereocenters. The molecule has 4 heteroatoms. The van der Waals surface area contributed by atoms with Crippen LogP contribution >= 0.6 is 0 Å². The molecule has 62 valence electrons. The number of nitrogens with two attached hydrogens (primary N) is 1. The molecule has 2 rings (SSSR count). The number of nitrogens with zero attached hydrogens (tertiary/aromatic N) is 2. The SMILES string of the molecule is NC1=NCC(c2cccnc2)O1. The highest BCUT2D eigenvalue weighted by molar-refractivity contribution is 5.73. The standard InChI is InChI=1S/C8H9N3O/c9-8-11-5-7(12-8)6-2-1-3-10-4-6/h1-4,7H,5H2,(H2,9,11). The summed E-state index contributed by atoms with van der Waals surface area (Å²) in [5.41, 5.74) is 6.39. The summed E-state index contributed by atoms with van der Waals surface area (Å²) in [5.74, 6) is 0. The third-order valence-corrected chi connectivity index (χ3v) is 1.73. The van der Waals surface area contributed by atoms with E-state index in [4.69, 9.17) is 10.5 Å². The molecular formula is C8H9N3O. The molecule has 0 fully saturated rings. The predicted molar refractivity (Wildman–Crippen MR) is 44.6 cm³/mol. The normalized spacial score (nSPS) is 21.7. The van der Waals surface area contributed by atoms with Gasteiger partial charge in [-0.2, -0.15) is 0 Å². The van der Waals surface area contributed by atoms with Crippen molar-refractivity contribution < 1.29 is 4.74 Å². The smallest absolute Gasteiger partial charge is 0.282 e. The van der Waals surface area contributed by atoms with E-state index in [2.05, 4.69) is 9.98 Å². The van der Waals surface area contributed by atoms with Gasteiger partial charge in [0.1, 0.15) is 6.10 Å². The second-order valence-corrected chi connectivity index (χ2v) is 2.57. The lowest BCUT2D eigenvalue weighted by Gasteiger charge is -2.08. The third-order valence-electron chi connectivity index (χ3n) is 1.73. The van der Waals surface area contributed by atoms with Gasteiger partial charge in [0.25, 0.3) is 6.02 Å². The lowest BCUT2D eigenvalue weighted by molar-refractivity contribution is 0.226. The molecule has 1 aromatic heterocycles. The van der Waals surface area contributed by atoms with Crippen molar-refractivity contribution in [3.05, 3.63) is 30.1 Å². The van der Waals surface area contributed by atoms with Gasteiger partial charge >= 0.3 is 0 Å². The molecule has 1 unspecified atom stereocenters. The van der Waals surface area contributed by atoms with E-state index >= 15 is 0 Å². The largest absolute Gasteiger partial charge is 0.455 e. The average molecular weight is 163 g/mol. The maximum absolute atomic E-state index is 5.37. The predicted octanol–water partition coefficient (Wildman–Crippen LogP) is 0.468. The zero-order chi connectivity index (χ0) is 8.39. The molecule has 1 aromatic rings. The summed E-state index contributed by atoms with van der Waals surface area (Å²) in [4.78, 5) is 7.92. The lowest BCUT2D eigenvalue weighted by Crippen LogP contribution is -2.13. The van der Waals surface area contributed by atoms with E-state index in [1.165, 1.54) is 0 Å². The van der Waals surface area contributed by atoms with Crippen LogP contribution in [0.25, 0.3) is 0 Å². The maximum Gasteiger partial charge on any atom is 0.282 e. The maximum atomic E-state index is 5.37. The van der Waals surface area contributed by atoms with Gasteiger partial charge in [-0.15, -0.1) is 0 Å². The molecule has 1 aliphatic heterocycles. The van der Waals surface area contributed by atoms with E-state index in [0.29, 0.717) is 6.54 Å². The van der Waals surface area contributed by atoms with E-state index in [0.717, 1.165) is 5.56 Å². The van der Waals surface area contributed by atoms with Crippen LogP contribution in [-0.2, 0) is 4.74 Å². The topological polar surface area (TPSA) is 60.5 Å². The number of aliphatic imine (C=N–C) groups is 1. The number of amidine groups is 1. The first-order valence-electron chi connectivity index (χ1n) is 3.73. The Morgan fingerprint density at radius 1 is 1.58 bits per heavy atom. The Morgan fingerprint density at radius 2 is 2.50 bits per heavy atom. The fourth-order valence-electron chi connectivity index (χ4n) is 1.13. The molecular weight excluding hydrogens is 154 g/mol. The Kier molecular flexibility index (Phi) is 1.66. The molecule has 0 aromatic carbocycles. The molecule has 0 saturated heterocycles. The summed E-state index contributed by atoms with van der Waals surface area (Å²) in [6.07, 6.45) is 3.44. The Bertz CT molecular complexity index is 296. The highest BCUT2D eigenvalue weighted by Gasteiger charge is 2.19. The van der Waals surface area contributed by atoms with Crippen LogP contribution in [0.15, 0.2) is 29.5 Å². The quantitative estimate of drug-likeness (QED) is 0.654. The van der Waals surface area contributed by atoms with Gasteiger partial charge in [0.15, 0.2) is 0 Å². The van der Waals surface area contributed by atoms with E-state index in [1.54, 1.807) is 12.4 Å². The summed E-state index contributed by atoms with van der Waals surface area (Å²) in [7, 11) is 0. The van der Waals surface area contributed by atoms with Crippen molar-refractivity contribution in [3.8, 4) is 0 Å². The van der Waals surface area contributed by atoms with E-state index in [9.17, 15) is 0 Å². The number of pyridine rings is 1. The molecule has 1 aliphatic rings. The second kappa shape index (κ2) is 2.81. The molecule has 0 radical (unpaired) electrons. The van der Waals surface area contributed by atoms with E-state index < -0.39 is 0 Å². The fourth-order valence-corrected chi connectivity index (χ4v) is 1.13. The molecule has 0 saturated carbocycles. The zero-order valence-electron chi connectivity index (χ0n) is 6.47. The van der Waals surface area contributed by atoms with E-state index in [1.807, 2.05) is 12.1 Å². The van der Waals surface area contributed by atoms with Gasteiger partial charge in [-0.3, -0.25) is 4.98 Å². The minimum atomic E-state index is -0.0429. The molecule has 0 amide bonds. The molecule has 2 heterocycles. The van der Waals surface area contributed by atoms with Gasteiger partial charge in [-0.1, -0.05) is 6.07 Å². The van der Waals surface area contributed by atoms with Crippen LogP contribution in [0.5, 0.6) is 0 Å². The first-order valence-corrected chi connectivity index (χ1v) is 3.73. The van der Waals surface area contributed by atoms with Crippen molar-refractivity contribution in [1.82, 2.24) is 4.98 Å². The molecule has 0 spiro atoms. The Labute approximate surface area is 70.1 Å². The van der Waals surface area contributed by atoms with Crippen molar-refractivity contribution >= 4 is 6.02 Å². The lowest BCUT2D eigenvalue weighted by atomic mass is 10.2. The Hall–Kier alpha value is -1.58. The second-order valence-electron chi connectivity index (χ2n) is 2.57. The van der Waals surface area contributed by atoms with Crippen LogP contribution < -0.4 is 5.73 Å². The summed E-state index contributed by atoms with van der Waals surface area (Å²) < 4.78 is 5.24. The molecule has 12 heavy (non-hydrogen) atoms. The highest BCUT2D eigenvalue weighted by Crippen LogP contribution is 2.20. The van der Waals surface area contributed by atoms with Crippen LogP contribution in [0.1, 0.15) is 11.7 Å². The zero-order valence-corrected chi connectivity index (χ0v) is 6.47. The van der Waals surface area contributed by atoms with Gasteiger partial charge in [-0.25, -0.2) is 4.99 Å². The van der Waals surface area contributed by atoms with Gasteiger partial charge < -0.3 is 10.5 Å². The summed E-state index contributed by atoms with van der Waals surface area (Å²) in [5, 5.41) is 0. The van der Waals surface area contributed by atoms with Crippen molar-refractivity contribution in [1.29, 1.82) is 0 Å². The van der Waals surface area contributed by atoms with Crippen LogP contribution in [0.2, 0.25) is 0 Å². The van der Waals surface area contributed by atoms with Crippen molar-refractivity contribution in [2.45, 2.75) is 6.10 Å². The minimum Gasteiger partial charge on any atom is -0.455 e. The first kappa shape index (κ1) is 7.09. The molecule has 2 N–H and O–H groups in total. The van der Waals surface area contributed by atoms with Crippen LogP contribution in [0, 0.1) is 0 Å². The average Bonchev–Trinajstić information content (AvgIpc) is 2.54. The first-order chi connectivity index (χ1) is 5.86. The van der Waals surface area contributed by atoms with Crippen molar-refractivity contribution in [2.75, 3.05) is 6.54 Å². The van der Waals surface area contributed by atoms with Gasteiger partial charge in [0.2, 0.25) is 0 Å². The van der Waals surface area contributed by atoms with Crippen molar-refractivity contribution in [2.24, 2.45) is 10.7 Å². The Balaban J connectivity index is 2.14. The molecule has 4 nitrogen and oxygen atoms in total. The monoisotopic (exact) mass is 163 g/mol. The summed E-state index contributed by atoms with van der Waals surface area (Å²) >= 11 is 0. The van der Waals surface area contributed by atoms with Gasteiger partial charge in [-0.05, 0) is 6.07 Å².